The number of hydrogen-bond donors (Lipinski definition) is 1. The molecule has 0 spiro atoms. The van der Waals surface area contributed by atoms with E-state index in [0.29, 0.717) is 6.04 Å². The molecule has 0 saturated heterocycles. The zero-order valence-corrected chi connectivity index (χ0v) is 11.4. The minimum atomic E-state index is 0.547. The Morgan fingerprint density at radius 1 is 1.33 bits per heavy atom. The molecule has 2 aliphatic rings. The average molecular weight is 245 g/mol. The molecule has 3 rings (SSSR count). The first-order valence-corrected chi connectivity index (χ1v) is 7.22. The Balaban J connectivity index is 1.80. The van der Waals surface area contributed by atoms with Gasteiger partial charge in [-0.2, -0.15) is 0 Å². The molecule has 1 aromatic rings. The Kier molecular flexibility index (Phi) is 3.40. The quantitative estimate of drug-likeness (QED) is 0.858. The van der Waals surface area contributed by atoms with Crippen molar-refractivity contribution < 1.29 is 4.74 Å². The Labute approximate surface area is 110 Å². The first-order chi connectivity index (χ1) is 8.79. The smallest absolute Gasteiger partial charge is 0.0725 e. The summed E-state index contributed by atoms with van der Waals surface area (Å²) in [5.74, 6) is 1.71. The normalized spacial score (nSPS) is 27.0. The number of fused-ring (bicyclic) bond motifs is 1. The van der Waals surface area contributed by atoms with Crippen molar-refractivity contribution in [3.63, 3.8) is 0 Å². The fraction of sp³-hybridized carbons (Fsp3) is 0.625. The van der Waals surface area contributed by atoms with Gasteiger partial charge in [0.15, 0.2) is 0 Å². The molecule has 3 atom stereocenters. The van der Waals surface area contributed by atoms with E-state index < -0.39 is 0 Å². The van der Waals surface area contributed by atoms with Gasteiger partial charge in [-0.3, -0.25) is 0 Å². The second-order valence-corrected chi connectivity index (χ2v) is 5.83. The summed E-state index contributed by atoms with van der Waals surface area (Å²) in [6, 6.07) is 7.46. The number of ether oxygens (including phenoxy) is 1. The van der Waals surface area contributed by atoms with Gasteiger partial charge in [0.05, 0.1) is 13.2 Å². The highest BCUT2D eigenvalue weighted by Gasteiger charge is 2.40. The van der Waals surface area contributed by atoms with Gasteiger partial charge in [0, 0.05) is 6.04 Å². The van der Waals surface area contributed by atoms with Gasteiger partial charge in [0.1, 0.15) is 0 Å². The number of benzene rings is 1. The van der Waals surface area contributed by atoms with Crippen LogP contribution in [0.1, 0.15) is 49.4 Å². The van der Waals surface area contributed by atoms with Crippen molar-refractivity contribution in [1.29, 1.82) is 0 Å². The van der Waals surface area contributed by atoms with Crippen LogP contribution in [0.2, 0.25) is 0 Å². The molecule has 1 saturated carbocycles. The van der Waals surface area contributed by atoms with Crippen molar-refractivity contribution in [3.05, 3.63) is 34.9 Å². The third kappa shape index (κ3) is 2.32. The van der Waals surface area contributed by atoms with Crippen LogP contribution in [0.4, 0.5) is 0 Å². The fourth-order valence-corrected chi connectivity index (χ4v) is 3.02. The van der Waals surface area contributed by atoms with Crippen LogP contribution in [0.5, 0.6) is 0 Å². The number of nitrogens with one attached hydrogen (secondary N) is 1. The topological polar surface area (TPSA) is 21.3 Å². The van der Waals surface area contributed by atoms with Crippen molar-refractivity contribution in [3.8, 4) is 0 Å². The third-order valence-electron chi connectivity index (χ3n) is 4.32. The minimum absolute atomic E-state index is 0.547. The molecule has 1 aliphatic carbocycles. The zero-order valence-electron chi connectivity index (χ0n) is 11.4. The molecule has 18 heavy (non-hydrogen) atoms. The van der Waals surface area contributed by atoms with Gasteiger partial charge in [-0.15, -0.1) is 0 Å². The summed E-state index contributed by atoms with van der Waals surface area (Å²) in [6.07, 6.45) is 2.57. The summed E-state index contributed by atoms with van der Waals surface area (Å²) < 4.78 is 5.51. The summed E-state index contributed by atoms with van der Waals surface area (Å²) >= 11 is 0. The van der Waals surface area contributed by atoms with Gasteiger partial charge in [-0.25, -0.2) is 0 Å². The van der Waals surface area contributed by atoms with E-state index >= 15 is 0 Å². The van der Waals surface area contributed by atoms with Gasteiger partial charge in [-0.05, 0) is 47.9 Å². The van der Waals surface area contributed by atoms with E-state index in [1.807, 2.05) is 0 Å². The summed E-state index contributed by atoms with van der Waals surface area (Å²) in [7, 11) is 0. The highest BCUT2D eigenvalue weighted by molar-refractivity contribution is 5.35. The highest BCUT2D eigenvalue weighted by Crippen LogP contribution is 2.47. The Morgan fingerprint density at radius 3 is 2.83 bits per heavy atom. The van der Waals surface area contributed by atoms with Gasteiger partial charge in [0.2, 0.25) is 0 Å². The Hall–Kier alpha value is -0.860. The molecule has 1 aliphatic heterocycles. The Bertz CT molecular complexity index is 429. The maximum atomic E-state index is 5.51. The molecule has 1 fully saturated rings. The molecule has 1 aromatic carbocycles. The lowest BCUT2D eigenvalue weighted by molar-refractivity contribution is 0.134. The predicted molar refractivity (Wildman–Crippen MR) is 73.2 cm³/mol. The van der Waals surface area contributed by atoms with Crippen LogP contribution in [-0.2, 0) is 18.0 Å². The van der Waals surface area contributed by atoms with Gasteiger partial charge in [0.25, 0.3) is 0 Å². The average Bonchev–Trinajstić information content (AvgIpc) is 2.92. The van der Waals surface area contributed by atoms with Crippen LogP contribution in [0.3, 0.4) is 0 Å². The van der Waals surface area contributed by atoms with Gasteiger partial charge < -0.3 is 10.1 Å². The predicted octanol–water partition coefficient (Wildman–Crippen LogP) is 3.41. The molecule has 0 aromatic heterocycles. The molecule has 0 bridgehead atoms. The van der Waals surface area contributed by atoms with E-state index in [1.54, 1.807) is 0 Å². The summed E-state index contributed by atoms with van der Waals surface area (Å²) in [5.41, 5.74) is 4.22. The van der Waals surface area contributed by atoms with Crippen LogP contribution in [-0.4, -0.2) is 6.54 Å². The fourth-order valence-electron chi connectivity index (χ4n) is 3.02. The summed E-state index contributed by atoms with van der Waals surface area (Å²) in [4.78, 5) is 0. The molecule has 2 nitrogen and oxygen atoms in total. The summed E-state index contributed by atoms with van der Waals surface area (Å²) in [5, 5.41) is 3.73. The van der Waals surface area contributed by atoms with Crippen LogP contribution in [0, 0.1) is 11.8 Å². The van der Waals surface area contributed by atoms with Crippen molar-refractivity contribution in [2.45, 2.75) is 45.9 Å². The van der Waals surface area contributed by atoms with Crippen LogP contribution in [0.15, 0.2) is 18.2 Å². The lowest BCUT2D eigenvalue weighted by Gasteiger charge is -2.20. The molecular formula is C16H23NO. The maximum Gasteiger partial charge on any atom is 0.0725 e. The molecule has 98 valence electrons. The summed E-state index contributed by atoms with van der Waals surface area (Å²) in [6.45, 7) is 7.30. The van der Waals surface area contributed by atoms with Crippen LogP contribution >= 0.6 is 0 Å². The van der Waals surface area contributed by atoms with Crippen LogP contribution in [0.25, 0.3) is 0 Å². The lowest BCUT2D eigenvalue weighted by Crippen LogP contribution is -2.24. The molecular weight excluding hydrogens is 222 g/mol. The van der Waals surface area contributed by atoms with E-state index in [-0.39, 0.29) is 0 Å². The van der Waals surface area contributed by atoms with Crippen molar-refractivity contribution in [2.24, 2.45) is 11.8 Å². The standard InChI is InChI=1S/C16H23NO/c1-3-6-17-16(15-7-11(15)2)12-4-5-13-9-18-10-14(13)8-12/h4-5,8,11,15-17H,3,6-7,9-10H2,1-2H3. The first-order valence-electron chi connectivity index (χ1n) is 7.22. The molecule has 0 amide bonds. The number of hydrogen-bond acceptors (Lipinski definition) is 2. The molecule has 1 N–H and O–H groups in total. The zero-order chi connectivity index (χ0) is 12.5. The lowest BCUT2D eigenvalue weighted by atomic mass is 9.97. The van der Waals surface area contributed by atoms with E-state index in [1.165, 1.54) is 29.5 Å². The minimum Gasteiger partial charge on any atom is -0.372 e. The van der Waals surface area contributed by atoms with E-state index in [4.69, 9.17) is 4.74 Å². The van der Waals surface area contributed by atoms with Crippen molar-refractivity contribution in [1.82, 2.24) is 5.32 Å². The largest absolute Gasteiger partial charge is 0.372 e. The van der Waals surface area contributed by atoms with Gasteiger partial charge >= 0.3 is 0 Å². The molecule has 0 radical (unpaired) electrons. The second-order valence-electron chi connectivity index (χ2n) is 5.83. The molecule has 2 heteroatoms. The van der Waals surface area contributed by atoms with E-state index in [9.17, 15) is 0 Å². The van der Waals surface area contributed by atoms with Crippen molar-refractivity contribution in [2.75, 3.05) is 6.54 Å². The molecule has 1 heterocycles. The highest BCUT2D eigenvalue weighted by atomic mass is 16.5. The van der Waals surface area contributed by atoms with E-state index in [2.05, 4.69) is 37.4 Å². The SMILES string of the molecule is CCCNC(c1ccc2c(c1)COC2)C1CC1C. The van der Waals surface area contributed by atoms with Crippen LogP contribution < -0.4 is 5.32 Å². The van der Waals surface area contributed by atoms with Gasteiger partial charge in [-0.1, -0.05) is 32.0 Å². The van der Waals surface area contributed by atoms with E-state index in [0.717, 1.165) is 31.6 Å². The maximum absolute atomic E-state index is 5.51. The second kappa shape index (κ2) is 5.02. The Morgan fingerprint density at radius 2 is 2.11 bits per heavy atom. The van der Waals surface area contributed by atoms with Crippen molar-refractivity contribution >= 4 is 0 Å². The third-order valence-corrected chi connectivity index (χ3v) is 4.32. The first kappa shape index (κ1) is 12.2. The monoisotopic (exact) mass is 245 g/mol. The number of rotatable bonds is 5. The molecule has 3 unspecified atom stereocenters.